The predicted molar refractivity (Wildman–Crippen MR) is 113 cm³/mol. The maximum absolute atomic E-state index is 12.8. The highest BCUT2D eigenvalue weighted by molar-refractivity contribution is 5.85. The van der Waals surface area contributed by atoms with Crippen LogP contribution in [0.25, 0.3) is 0 Å². The van der Waals surface area contributed by atoms with E-state index in [0.717, 1.165) is 50.9 Å². The fourth-order valence-electron chi connectivity index (χ4n) is 4.53. The number of carbonyl (C=O) groups is 1. The Morgan fingerprint density at radius 3 is 2.71 bits per heavy atom. The van der Waals surface area contributed by atoms with Crippen LogP contribution >= 0.6 is 0 Å². The van der Waals surface area contributed by atoms with Crippen molar-refractivity contribution >= 4 is 11.9 Å². The van der Waals surface area contributed by atoms with E-state index in [2.05, 4.69) is 40.4 Å². The molecule has 1 atom stereocenters. The first-order chi connectivity index (χ1) is 13.3. The summed E-state index contributed by atoms with van der Waals surface area (Å²) < 4.78 is 2.07. The second-order valence-electron chi connectivity index (χ2n) is 8.87. The summed E-state index contributed by atoms with van der Waals surface area (Å²) in [5.41, 5.74) is 2.27. The number of fused-ring (bicyclic) bond motifs is 1. The van der Waals surface area contributed by atoms with Gasteiger partial charge in [0.15, 0.2) is 5.96 Å². The van der Waals surface area contributed by atoms with Crippen LogP contribution in [0.1, 0.15) is 63.3 Å². The molecule has 1 unspecified atom stereocenters. The predicted octanol–water partition coefficient (Wildman–Crippen LogP) is 2.13. The lowest BCUT2D eigenvalue weighted by atomic mass is 9.84. The molecular formula is C21H36N6O. The van der Waals surface area contributed by atoms with Crippen molar-refractivity contribution in [2.75, 3.05) is 27.7 Å². The standard InChI is InChI=1S/C21H36N6O/c1-15(2)27-13-16-8-9-17(12-18(16)25-27)24-20(22-3)23-14-21(10-6-7-11-21)19(28)26(4)5/h13,15,17H,6-12,14H2,1-5H3,(H2,22,23,24). The van der Waals surface area contributed by atoms with Crippen molar-refractivity contribution in [1.29, 1.82) is 0 Å². The van der Waals surface area contributed by atoms with Gasteiger partial charge >= 0.3 is 0 Å². The number of aryl methyl sites for hydroxylation is 1. The highest BCUT2D eigenvalue weighted by Crippen LogP contribution is 2.38. The van der Waals surface area contributed by atoms with Gasteiger partial charge in [0, 0.05) is 52.4 Å². The van der Waals surface area contributed by atoms with Crippen molar-refractivity contribution in [2.24, 2.45) is 10.4 Å². The number of aliphatic imine (C=N–C) groups is 1. The number of amides is 1. The minimum absolute atomic E-state index is 0.231. The summed E-state index contributed by atoms with van der Waals surface area (Å²) in [5.74, 6) is 1.02. The van der Waals surface area contributed by atoms with E-state index in [-0.39, 0.29) is 11.3 Å². The summed E-state index contributed by atoms with van der Waals surface area (Å²) in [7, 11) is 5.50. The van der Waals surface area contributed by atoms with Crippen LogP contribution in [0.2, 0.25) is 0 Å². The number of hydrogen-bond acceptors (Lipinski definition) is 3. The van der Waals surface area contributed by atoms with Crippen molar-refractivity contribution in [1.82, 2.24) is 25.3 Å². The second-order valence-corrected chi connectivity index (χ2v) is 8.87. The fraction of sp³-hybridized carbons (Fsp3) is 0.762. The van der Waals surface area contributed by atoms with Gasteiger partial charge in [-0.3, -0.25) is 14.5 Å². The van der Waals surface area contributed by atoms with E-state index in [9.17, 15) is 4.79 Å². The van der Waals surface area contributed by atoms with Gasteiger partial charge in [-0.2, -0.15) is 5.10 Å². The van der Waals surface area contributed by atoms with Crippen LogP contribution < -0.4 is 10.6 Å². The Hall–Kier alpha value is -2.05. The molecule has 1 amide bonds. The van der Waals surface area contributed by atoms with Gasteiger partial charge in [0.25, 0.3) is 0 Å². The largest absolute Gasteiger partial charge is 0.355 e. The minimum atomic E-state index is -0.295. The third kappa shape index (κ3) is 4.33. The Labute approximate surface area is 169 Å². The maximum atomic E-state index is 12.8. The van der Waals surface area contributed by atoms with Gasteiger partial charge in [-0.25, -0.2) is 0 Å². The lowest BCUT2D eigenvalue weighted by molar-refractivity contribution is -0.138. The normalized spacial score (nSPS) is 21.5. The molecule has 1 heterocycles. The van der Waals surface area contributed by atoms with E-state index in [1.54, 1.807) is 11.9 Å². The number of guanidine groups is 1. The molecule has 28 heavy (non-hydrogen) atoms. The second kappa shape index (κ2) is 8.53. The Kier molecular flexibility index (Phi) is 6.30. The number of nitrogens with zero attached hydrogens (tertiary/aromatic N) is 4. The number of carbonyl (C=O) groups excluding carboxylic acids is 1. The van der Waals surface area contributed by atoms with Crippen LogP contribution in [-0.4, -0.2) is 60.3 Å². The molecule has 2 aliphatic rings. The zero-order chi connectivity index (χ0) is 20.3. The molecule has 0 aromatic carbocycles. The molecule has 7 heteroatoms. The van der Waals surface area contributed by atoms with Gasteiger partial charge in [0.05, 0.1) is 11.1 Å². The van der Waals surface area contributed by atoms with Gasteiger partial charge in [0.1, 0.15) is 0 Å². The third-order valence-corrected chi connectivity index (χ3v) is 6.21. The summed E-state index contributed by atoms with van der Waals surface area (Å²) in [6.07, 6.45) is 9.37. The van der Waals surface area contributed by atoms with Gasteiger partial charge in [-0.05, 0) is 45.1 Å². The number of aromatic nitrogens is 2. The average molecular weight is 389 g/mol. The van der Waals surface area contributed by atoms with Gasteiger partial charge in [-0.1, -0.05) is 12.8 Å². The maximum Gasteiger partial charge on any atom is 0.230 e. The molecule has 0 bridgehead atoms. The van der Waals surface area contributed by atoms with E-state index >= 15 is 0 Å². The summed E-state index contributed by atoms with van der Waals surface area (Å²) in [4.78, 5) is 18.9. The zero-order valence-corrected chi connectivity index (χ0v) is 18.1. The zero-order valence-electron chi connectivity index (χ0n) is 18.1. The Morgan fingerprint density at radius 2 is 2.11 bits per heavy atom. The molecule has 1 fully saturated rings. The molecule has 2 aliphatic carbocycles. The van der Waals surface area contributed by atoms with Crippen molar-refractivity contribution < 1.29 is 4.79 Å². The average Bonchev–Trinajstić information content (AvgIpc) is 3.31. The van der Waals surface area contributed by atoms with Crippen LogP contribution in [0.15, 0.2) is 11.2 Å². The first-order valence-corrected chi connectivity index (χ1v) is 10.6. The van der Waals surface area contributed by atoms with E-state index in [4.69, 9.17) is 5.10 Å². The van der Waals surface area contributed by atoms with Crippen LogP contribution in [0, 0.1) is 5.41 Å². The fourth-order valence-corrected chi connectivity index (χ4v) is 4.53. The summed E-state index contributed by atoms with van der Waals surface area (Å²) in [6.45, 7) is 4.96. The SMILES string of the molecule is CN=C(NCC1(C(=O)N(C)C)CCCC1)NC1CCc2cn(C(C)C)nc2C1. The molecule has 0 aliphatic heterocycles. The molecule has 1 aromatic heterocycles. The van der Waals surface area contributed by atoms with Crippen molar-refractivity contribution in [3.63, 3.8) is 0 Å². The van der Waals surface area contributed by atoms with Crippen molar-refractivity contribution in [3.05, 3.63) is 17.5 Å². The first-order valence-electron chi connectivity index (χ1n) is 10.6. The molecule has 1 aromatic rings. The lowest BCUT2D eigenvalue weighted by Gasteiger charge is -2.32. The number of hydrogen-bond donors (Lipinski definition) is 2. The Morgan fingerprint density at radius 1 is 1.39 bits per heavy atom. The van der Waals surface area contributed by atoms with Gasteiger partial charge < -0.3 is 15.5 Å². The van der Waals surface area contributed by atoms with E-state index < -0.39 is 0 Å². The van der Waals surface area contributed by atoms with Crippen LogP contribution in [0.3, 0.4) is 0 Å². The first kappa shape index (κ1) is 20.7. The van der Waals surface area contributed by atoms with E-state index in [0.29, 0.717) is 18.6 Å². The number of rotatable bonds is 5. The molecule has 0 saturated heterocycles. The Bertz CT molecular complexity index is 714. The molecule has 156 valence electrons. The monoisotopic (exact) mass is 388 g/mol. The van der Waals surface area contributed by atoms with Crippen molar-refractivity contribution in [3.8, 4) is 0 Å². The third-order valence-electron chi connectivity index (χ3n) is 6.21. The minimum Gasteiger partial charge on any atom is -0.355 e. The van der Waals surface area contributed by atoms with E-state index in [1.165, 1.54) is 11.3 Å². The quantitative estimate of drug-likeness (QED) is 0.599. The molecule has 0 radical (unpaired) electrons. The highest BCUT2D eigenvalue weighted by Gasteiger charge is 2.42. The molecular weight excluding hydrogens is 352 g/mol. The summed E-state index contributed by atoms with van der Waals surface area (Å²) >= 11 is 0. The van der Waals surface area contributed by atoms with Crippen molar-refractivity contribution in [2.45, 2.75) is 70.9 Å². The molecule has 3 rings (SSSR count). The van der Waals surface area contributed by atoms with Crippen LogP contribution in [0.4, 0.5) is 0 Å². The topological polar surface area (TPSA) is 74.6 Å². The molecule has 2 N–H and O–H groups in total. The highest BCUT2D eigenvalue weighted by atomic mass is 16.2. The lowest BCUT2D eigenvalue weighted by Crippen LogP contribution is -2.51. The molecule has 7 nitrogen and oxygen atoms in total. The van der Waals surface area contributed by atoms with Crippen LogP contribution in [0.5, 0.6) is 0 Å². The van der Waals surface area contributed by atoms with Crippen LogP contribution in [-0.2, 0) is 17.6 Å². The van der Waals surface area contributed by atoms with Gasteiger partial charge in [-0.15, -0.1) is 0 Å². The summed E-state index contributed by atoms with van der Waals surface area (Å²) in [6, 6.07) is 0.710. The Balaban J connectivity index is 1.59. The number of nitrogens with one attached hydrogen (secondary N) is 2. The molecule has 0 spiro atoms. The van der Waals surface area contributed by atoms with Gasteiger partial charge in [0.2, 0.25) is 5.91 Å². The van der Waals surface area contributed by atoms with E-state index in [1.807, 2.05) is 14.1 Å². The summed E-state index contributed by atoms with van der Waals surface area (Å²) in [5, 5.41) is 11.8. The smallest absolute Gasteiger partial charge is 0.230 e. The molecule has 1 saturated carbocycles.